The monoisotopic (exact) mass is 262 g/mol. The first-order valence-electron chi connectivity index (χ1n) is 4.80. The Hall–Kier alpha value is -1.66. The van der Waals surface area contributed by atoms with Crippen molar-refractivity contribution in [3.63, 3.8) is 0 Å². The number of imide groups is 1. The second-order valence-electron chi connectivity index (χ2n) is 3.43. The Bertz CT molecular complexity index is 660. The van der Waals surface area contributed by atoms with E-state index in [1.165, 1.54) is 0 Å². The maximum atomic E-state index is 11.4. The van der Waals surface area contributed by atoms with Gasteiger partial charge in [0.1, 0.15) is 0 Å². The van der Waals surface area contributed by atoms with Gasteiger partial charge in [0.25, 0.3) is 11.1 Å². The van der Waals surface area contributed by atoms with E-state index in [-0.39, 0.29) is 11.1 Å². The van der Waals surface area contributed by atoms with Crippen LogP contribution in [-0.2, 0) is 4.79 Å². The number of nitrogens with one attached hydrogen (secondary N) is 1. The Balaban J connectivity index is 2.01. The van der Waals surface area contributed by atoms with Gasteiger partial charge in [0.05, 0.1) is 20.6 Å². The molecule has 1 N–H and O–H groups in total. The highest BCUT2D eigenvalue weighted by molar-refractivity contribution is 8.18. The van der Waals surface area contributed by atoms with Crippen molar-refractivity contribution < 1.29 is 9.59 Å². The molecule has 1 saturated heterocycles. The summed E-state index contributed by atoms with van der Waals surface area (Å²) < 4.78 is 1.06. The maximum Gasteiger partial charge on any atom is 0.290 e. The molecular formula is C11H6N2O2S2. The minimum atomic E-state index is -0.329. The van der Waals surface area contributed by atoms with Gasteiger partial charge in [-0.15, -0.1) is 11.3 Å². The number of benzene rings is 1. The Kier molecular flexibility index (Phi) is 2.45. The molecule has 1 fully saturated rings. The quantitative estimate of drug-likeness (QED) is 0.803. The van der Waals surface area contributed by atoms with Gasteiger partial charge in [-0.3, -0.25) is 14.9 Å². The van der Waals surface area contributed by atoms with Crippen molar-refractivity contribution in [1.29, 1.82) is 0 Å². The molecule has 6 heteroatoms. The Morgan fingerprint density at radius 1 is 1.29 bits per heavy atom. The summed E-state index contributed by atoms with van der Waals surface area (Å²) in [6.07, 6.45) is 1.71. The fraction of sp³-hybridized carbons (Fsp3) is 0. The van der Waals surface area contributed by atoms with E-state index in [0.29, 0.717) is 4.91 Å². The molecule has 2 heterocycles. The smallest absolute Gasteiger partial charge is 0.282 e. The summed E-state index contributed by atoms with van der Waals surface area (Å²) in [5, 5.41) is 1.91. The number of thiazole rings is 1. The molecule has 1 aromatic heterocycles. The van der Waals surface area contributed by atoms with Crippen molar-refractivity contribution in [2.45, 2.75) is 0 Å². The lowest BCUT2D eigenvalue weighted by atomic mass is 10.2. The van der Waals surface area contributed by atoms with Crippen molar-refractivity contribution in [3.8, 4) is 0 Å². The summed E-state index contributed by atoms with van der Waals surface area (Å²) in [5.41, 5.74) is 3.62. The largest absolute Gasteiger partial charge is 0.290 e. The van der Waals surface area contributed by atoms with Crippen LogP contribution in [0.5, 0.6) is 0 Å². The lowest BCUT2D eigenvalue weighted by molar-refractivity contribution is -0.115. The minimum Gasteiger partial charge on any atom is -0.282 e. The van der Waals surface area contributed by atoms with E-state index < -0.39 is 0 Å². The van der Waals surface area contributed by atoms with Gasteiger partial charge < -0.3 is 0 Å². The molecule has 2 aromatic rings. The molecular weight excluding hydrogens is 256 g/mol. The van der Waals surface area contributed by atoms with E-state index in [1.54, 1.807) is 22.9 Å². The molecule has 1 aliphatic rings. The standard InChI is InChI=1S/C11H6N2O2S2/c14-10-9(17-11(15)13-10)4-6-1-2-7-8(3-6)16-5-12-7/h1-5H,(H,13,14,15)/b9-4+. The first-order valence-corrected chi connectivity index (χ1v) is 6.50. The average molecular weight is 262 g/mol. The number of aromatic nitrogens is 1. The van der Waals surface area contributed by atoms with Crippen molar-refractivity contribution >= 4 is 50.5 Å². The first kappa shape index (κ1) is 10.5. The predicted molar refractivity (Wildman–Crippen MR) is 68.7 cm³/mol. The van der Waals surface area contributed by atoms with Crippen LogP contribution in [-0.4, -0.2) is 16.1 Å². The predicted octanol–water partition coefficient (Wildman–Crippen LogP) is 2.62. The van der Waals surface area contributed by atoms with Gasteiger partial charge in [-0.2, -0.15) is 0 Å². The SMILES string of the molecule is O=C1NC(=O)/C(=C\c2ccc3ncsc3c2)S1. The van der Waals surface area contributed by atoms with Gasteiger partial charge in [-0.25, -0.2) is 4.98 Å². The minimum absolute atomic E-state index is 0.319. The second kappa shape index (κ2) is 3.97. The zero-order valence-corrected chi connectivity index (χ0v) is 10.1. The van der Waals surface area contributed by atoms with Crippen LogP contribution in [0.1, 0.15) is 5.56 Å². The molecule has 0 spiro atoms. The summed E-state index contributed by atoms with van der Waals surface area (Å²) in [6.45, 7) is 0. The summed E-state index contributed by atoms with van der Waals surface area (Å²) in [5.74, 6) is -0.329. The van der Waals surface area contributed by atoms with Crippen LogP contribution >= 0.6 is 23.1 Å². The van der Waals surface area contributed by atoms with Gasteiger partial charge >= 0.3 is 0 Å². The molecule has 1 aromatic carbocycles. The number of hydrogen-bond donors (Lipinski definition) is 1. The lowest BCUT2D eigenvalue weighted by Gasteiger charge is -1.94. The molecule has 17 heavy (non-hydrogen) atoms. The number of nitrogens with zero attached hydrogens (tertiary/aromatic N) is 1. The van der Waals surface area contributed by atoms with Crippen LogP contribution < -0.4 is 5.32 Å². The molecule has 0 radical (unpaired) electrons. The zero-order chi connectivity index (χ0) is 11.8. The van der Waals surface area contributed by atoms with E-state index in [4.69, 9.17) is 0 Å². The van der Waals surface area contributed by atoms with Crippen LogP contribution in [0.15, 0.2) is 28.6 Å². The number of amides is 2. The molecule has 1 aliphatic heterocycles. The van der Waals surface area contributed by atoms with E-state index in [2.05, 4.69) is 10.3 Å². The van der Waals surface area contributed by atoms with Crippen LogP contribution in [0.2, 0.25) is 0 Å². The van der Waals surface area contributed by atoms with Crippen LogP contribution in [0.3, 0.4) is 0 Å². The Labute approximate surface area is 105 Å². The van der Waals surface area contributed by atoms with E-state index in [0.717, 1.165) is 27.5 Å². The summed E-state index contributed by atoms with van der Waals surface area (Å²) in [6, 6.07) is 5.74. The molecule has 0 saturated carbocycles. The highest BCUT2D eigenvalue weighted by Gasteiger charge is 2.24. The van der Waals surface area contributed by atoms with Gasteiger partial charge in [-0.05, 0) is 35.5 Å². The molecule has 0 atom stereocenters. The Morgan fingerprint density at radius 2 is 2.18 bits per heavy atom. The number of hydrogen-bond acceptors (Lipinski definition) is 5. The van der Waals surface area contributed by atoms with Gasteiger partial charge in [0.15, 0.2) is 0 Å². The van der Waals surface area contributed by atoms with Crippen molar-refractivity contribution in [2.75, 3.05) is 0 Å². The molecule has 2 amide bonds. The summed E-state index contributed by atoms with van der Waals surface area (Å²) >= 11 is 2.47. The third-order valence-electron chi connectivity index (χ3n) is 2.30. The third-order valence-corrected chi connectivity index (χ3v) is 3.90. The Morgan fingerprint density at radius 3 is 2.94 bits per heavy atom. The van der Waals surface area contributed by atoms with Crippen LogP contribution in [0.4, 0.5) is 4.79 Å². The lowest BCUT2D eigenvalue weighted by Crippen LogP contribution is -2.17. The zero-order valence-electron chi connectivity index (χ0n) is 8.47. The van der Waals surface area contributed by atoms with Crippen molar-refractivity contribution in [1.82, 2.24) is 10.3 Å². The molecule has 84 valence electrons. The van der Waals surface area contributed by atoms with Gasteiger partial charge in [0, 0.05) is 0 Å². The second-order valence-corrected chi connectivity index (χ2v) is 5.33. The number of carbonyl (C=O) groups excluding carboxylic acids is 2. The molecule has 3 rings (SSSR count). The normalized spacial score (nSPS) is 18.0. The van der Waals surface area contributed by atoms with E-state index in [1.807, 2.05) is 18.2 Å². The van der Waals surface area contributed by atoms with Gasteiger partial charge in [-0.1, -0.05) is 6.07 Å². The van der Waals surface area contributed by atoms with Crippen molar-refractivity contribution in [2.24, 2.45) is 0 Å². The first-order chi connectivity index (χ1) is 8.22. The van der Waals surface area contributed by atoms with Crippen LogP contribution in [0, 0.1) is 0 Å². The molecule has 0 unspecified atom stereocenters. The fourth-order valence-corrected chi connectivity index (χ4v) is 2.94. The fourth-order valence-electron chi connectivity index (χ4n) is 1.53. The van der Waals surface area contributed by atoms with Gasteiger partial charge in [0.2, 0.25) is 0 Å². The summed E-state index contributed by atoms with van der Waals surface area (Å²) in [7, 11) is 0. The third kappa shape index (κ3) is 1.96. The maximum absolute atomic E-state index is 11.4. The van der Waals surface area contributed by atoms with E-state index in [9.17, 15) is 9.59 Å². The highest BCUT2D eigenvalue weighted by Crippen LogP contribution is 2.27. The van der Waals surface area contributed by atoms with E-state index >= 15 is 0 Å². The highest BCUT2D eigenvalue weighted by atomic mass is 32.2. The number of rotatable bonds is 1. The average Bonchev–Trinajstić information content (AvgIpc) is 2.85. The number of fused-ring (bicyclic) bond motifs is 1. The molecule has 4 nitrogen and oxygen atoms in total. The van der Waals surface area contributed by atoms with Crippen molar-refractivity contribution in [3.05, 3.63) is 34.2 Å². The molecule has 0 bridgehead atoms. The molecule has 0 aliphatic carbocycles. The van der Waals surface area contributed by atoms with Crippen LogP contribution in [0.25, 0.3) is 16.3 Å². The number of thioether (sulfide) groups is 1. The number of carbonyl (C=O) groups is 2. The topological polar surface area (TPSA) is 59.1 Å². The summed E-state index contributed by atoms with van der Waals surface area (Å²) in [4.78, 5) is 27.0.